The lowest BCUT2D eigenvalue weighted by atomic mass is 9.95. The molecular formula is C86H142N24O21. The minimum atomic E-state index is -1.87. The van der Waals surface area contributed by atoms with Crippen LogP contribution in [0.15, 0.2) is 60.7 Å². The number of primary amides is 1. The quantitative estimate of drug-likeness (QED) is 0.0171. The molecule has 0 heterocycles. The molecule has 33 N–H and O–H groups in total. The Labute approximate surface area is 763 Å². The molecule has 0 aliphatic heterocycles. The van der Waals surface area contributed by atoms with E-state index in [1.807, 2.05) is 13.8 Å². The number of carbonyl (C=O) groups excluding carboxylic acids is 15. The maximum absolute atomic E-state index is 14.9. The molecule has 45 heteroatoms. The number of nitrogens with two attached hydrogens (primary N) is 6. The number of guanidine groups is 2. The Morgan fingerprint density at radius 1 is 0.351 bits per heavy atom. The van der Waals surface area contributed by atoms with Gasteiger partial charge in [-0.15, -0.1) is 0 Å². The third-order valence-electron chi connectivity index (χ3n) is 21.2. The van der Waals surface area contributed by atoms with Gasteiger partial charge in [0.25, 0.3) is 0 Å². The number of aliphatic carboxylic acids is 3. The van der Waals surface area contributed by atoms with Crippen LogP contribution >= 0.6 is 0 Å². The highest BCUT2D eigenvalue weighted by atomic mass is 16.4. The second-order valence-electron chi connectivity index (χ2n) is 33.7. The summed E-state index contributed by atoms with van der Waals surface area (Å²) in [4.78, 5) is 250. The van der Waals surface area contributed by atoms with Crippen molar-refractivity contribution in [3.8, 4) is 0 Å². The molecule has 0 spiro atoms. The van der Waals surface area contributed by atoms with E-state index in [4.69, 9.17) is 45.2 Å². The monoisotopic (exact) mass is 1850 g/mol. The molecule has 0 saturated carbocycles. The summed E-state index contributed by atoms with van der Waals surface area (Å²) in [5.41, 5.74) is 35.4. The molecule has 45 nitrogen and oxygen atoms in total. The van der Waals surface area contributed by atoms with Crippen molar-refractivity contribution in [1.29, 1.82) is 10.8 Å². The number of carboxylic acids is 3. The van der Waals surface area contributed by atoms with Crippen LogP contribution in [0, 0.1) is 40.4 Å². The Hall–Kier alpha value is -12.7. The van der Waals surface area contributed by atoms with Crippen molar-refractivity contribution in [1.82, 2.24) is 85.1 Å². The van der Waals surface area contributed by atoms with Crippen LogP contribution in [0.4, 0.5) is 0 Å². The highest BCUT2D eigenvalue weighted by Gasteiger charge is 2.41. The van der Waals surface area contributed by atoms with Crippen molar-refractivity contribution >= 4 is 118 Å². The molecule has 16 atom stereocenters. The molecule has 0 aliphatic carbocycles. The Morgan fingerprint density at radius 2 is 0.679 bits per heavy atom. The van der Waals surface area contributed by atoms with Crippen molar-refractivity contribution in [3.63, 3.8) is 0 Å². The number of nitrogens with one attached hydrogen (secondary N) is 18. The molecule has 2 aromatic carbocycles. The summed E-state index contributed by atoms with van der Waals surface area (Å²) in [6.07, 6.45) is -2.47. The van der Waals surface area contributed by atoms with Crippen LogP contribution < -0.4 is 119 Å². The lowest BCUT2D eigenvalue weighted by Crippen LogP contribution is -2.62. The van der Waals surface area contributed by atoms with Crippen molar-refractivity contribution < 1.29 is 102 Å². The largest absolute Gasteiger partial charge is 0.481 e. The summed E-state index contributed by atoms with van der Waals surface area (Å²) in [7, 11) is 0. The molecule has 131 heavy (non-hydrogen) atoms. The molecule has 0 radical (unpaired) electrons. The Bertz CT molecular complexity index is 4110. The Balaban J connectivity index is 2.63. The SMILES string of the molecule is CC[C@H](C)[C@H](NC(=O)[C@H](CCCNC(=N)N)NC(=O)[C@H](CCC(N)=O)NC(=O)[C@@H](NC(=O)[C@@H](NC(=O)[C@H](CCCNC(=N)N)NC(=O)[C@H](CCCCN)NC(=O)[C@H](Cc1ccccc1)NC(=O)[C@H](CC(=O)O)NC(=O)CNC(=O)[C@H](CC(C)C)NC(=O)[C@@H](N)CC(C)C)[C@@H](C)CC)C(C)C)C(=O)N[C@@H](CCCCN)C(=O)N[C@@H](CC(=O)O)C(=O)N[C@@H](Cc1ccccc1)C(=O)O. The highest BCUT2D eigenvalue weighted by Crippen LogP contribution is 2.18. The van der Waals surface area contributed by atoms with Crippen LogP contribution in [-0.2, 0) is 99.1 Å². The van der Waals surface area contributed by atoms with Crippen LogP contribution in [0.3, 0.4) is 0 Å². The molecule has 2 aromatic rings. The van der Waals surface area contributed by atoms with E-state index in [-0.39, 0.29) is 121 Å². The average molecular weight is 1850 g/mol. The van der Waals surface area contributed by atoms with Crippen molar-refractivity contribution in [2.24, 2.45) is 64.0 Å². The molecule has 0 aromatic heterocycles. The van der Waals surface area contributed by atoms with Crippen LogP contribution in [0.25, 0.3) is 0 Å². The van der Waals surface area contributed by atoms with E-state index in [1.165, 1.54) is 13.8 Å². The predicted octanol–water partition coefficient (Wildman–Crippen LogP) is -3.86. The van der Waals surface area contributed by atoms with Gasteiger partial charge in [0.15, 0.2) is 11.9 Å². The first kappa shape index (κ1) is 114. The van der Waals surface area contributed by atoms with Gasteiger partial charge in [-0.2, -0.15) is 0 Å². The number of hydrogen-bond acceptors (Lipinski definition) is 23. The molecule has 0 unspecified atom stereocenters. The molecule has 0 fully saturated rings. The minimum absolute atomic E-state index is 0.00259. The van der Waals surface area contributed by atoms with Crippen LogP contribution in [0.2, 0.25) is 0 Å². The van der Waals surface area contributed by atoms with E-state index in [1.54, 1.807) is 102 Å². The fourth-order valence-electron chi connectivity index (χ4n) is 13.5. The first-order valence-corrected chi connectivity index (χ1v) is 44.3. The minimum Gasteiger partial charge on any atom is -0.481 e. The smallest absolute Gasteiger partial charge is 0.326 e. The average Bonchev–Trinajstić information content (AvgIpc) is 0.840. The van der Waals surface area contributed by atoms with Gasteiger partial charge in [-0.05, 0) is 137 Å². The van der Waals surface area contributed by atoms with Gasteiger partial charge >= 0.3 is 17.9 Å². The number of amides is 15. The summed E-state index contributed by atoms with van der Waals surface area (Å²) in [6, 6.07) is -5.18. The summed E-state index contributed by atoms with van der Waals surface area (Å²) in [5, 5.41) is 86.0. The lowest BCUT2D eigenvalue weighted by molar-refractivity contribution is -0.144. The fraction of sp³-hybridized carbons (Fsp3) is 0.628. The van der Waals surface area contributed by atoms with Gasteiger partial charge < -0.3 is 135 Å². The third-order valence-corrected chi connectivity index (χ3v) is 21.2. The van der Waals surface area contributed by atoms with Crippen molar-refractivity contribution in [3.05, 3.63) is 71.8 Å². The van der Waals surface area contributed by atoms with E-state index in [9.17, 15) is 102 Å². The van der Waals surface area contributed by atoms with Gasteiger partial charge in [0.1, 0.15) is 78.5 Å². The highest BCUT2D eigenvalue weighted by molar-refractivity contribution is 6.01. The normalized spacial score (nSPS) is 14.8. The molecule has 0 bridgehead atoms. The maximum atomic E-state index is 14.9. The topological polar surface area (TPSA) is 764 Å². The number of hydrogen-bond donors (Lipinski definition) is 27. The molecule has 15 amide bonds. The van der Waals surface area contributed by atoms with Crippen LogP contribution in [-0.4, -0.2) is 251 Å². The molecule has 2 rings (SSSR count). The third kappa shape index (κ3) is 45.4. The van der Waals surface area contributed by atoms with E-state index < -0.39 is 253 Å². The number of unbranched alkanes of at least 4 members (excludes halogenated alkanes) is 2. The predicted molar refractivity (Wildman–Crippen MR) is 484 cm³/mol. The van der Waals surface area contributed by atoms with Crippen LogP contribution in [0.1, 0.15) is 196 Å². The molecular weight excluding hydrogens is 1710 g/mol. The zero-order valence-electron chi connectivity index (χ0n) is 76.6. The summed E-state index contributed by atoms with van der Waals surface area (Å²) >= 11 is 0. The van der Waals surface area contributed by atoms with E-state index in [0.717, 1.165) is 0 Å². The first-order valence-electron chi connectivity index (χ1n) is 44.3. The zero-order valence-corrected chi connectivity index (χ0v) is 76.6. The van der Waals surface area contributed by atoms with Crippen LogP contribution in [0.5, 0.6) is 0 Å². The van der Waals surface area contributed by atoms with E-state index in [0.29, 0.717) is 30.4 Å². The van der Waals surface area contributed by atoms with Gasteiger partial charge in [0.05, 0.1) is 25.4 Å². The van der Waals surface area contributed by atoms with Crippen molar-refractivity contribution in [2.75, 3.05) is 32.7 Å². The fourth-order valence-corrected chi connectivity index (χ4v) is 13.5. The number of benzene rings is 2. The standard InChI is InChI=1S/C86H142N24O21/c1-11-49(9)69(82(128)102-55(30-20-22-36-88)74(120)106-62(44-67(115)116)80(126)107-63(84(130)131)42-52-27-17-14-18-28-52)109-76(122)57(32-24-38-96-86(93)94)100-75(121)58(33-34-64(90)111)103-81(127)68(48(7)8)108-83(129)70(50(10)12-2)110-77(123)56(31-23-37-95-85(91)92)99-73(119)54(29-19-21-35-87)101-78(124)60(41-51-25-15-13-16-26-51)105-79(125)61(43-66(113)114)98-65(112)45-97-72(118)59(40-47(5)6)104-71(117)53(89)39-46(3)4/h13-18,25-28,46-50,53-63,68-70H,11-12,19-24,29-45,87-89H2,1-10H3,(H2,90,111)(H,97,118)(H,98,112)(H,99,119)(H,100,121)(H,101,124)(H,102,128)(H,103,127)(H,104,117)(H,105,125)(H,106,120)(H,107,126)(H,108,129)(H,109,122)(H,110,123)(H,113,114)(H,115,116)(H,130,131)(H4,91,92,95)(H4,93,94,96)/t49-,50-,53-,54-,55-,56-,57-,58-,59-,60-,61-,62-,63-,68-,69-,70-/m0/s1. The number of rotatable bonds is 65. The van der Waals surface area contributed by atoms with Gasteiger partial charge in [0.2, 0.25) is 88.6 Å². The second kappa shape index (κ2) is 61.0. The molecule has 732 valence electrons. The lowest BCUT2D eigenvalue weighted by Gasteiger charge is -2.31. The summed E-state index contributed by atoms with van der Waals surface area (Å²) < 4.78 is 0. The number of carboxylic acid groups (broad SMARTS) is 3. The summed E-state index contributed by atoms with van der Waals surface area (Å²) in [5.74, 6) is -22.6. The van der Waals surface area contributed by atoms with E-state index >= 15 is 0 Å². The zero-order chi connectivity index (χ0) is 98.7. The van der Waals surface area contributed by atoms with Crippen molar-refractivity contribution in [2.45, 2.75) is 282 Å². The molecule has 0 aliphatic rings. The second-order valence-corrected chi connectivity index (χ2v) is 33.7. The Kier molecular flexibility index (Phi) is 53.3. The van der Waals surface area contributed by atoms with Gasteiger partial charge in [-0.3, -0.25) is 92.3 Å². The van der Waals surface area contributed by atoms with E-state index in [2.05, 4.69) is 85.1 Å². The van der Waals surface area contributed by atoms with Gasteiger partial charge in [-0.1, -0.05) is 143 Å². The Morgan fingerprint density at radius 3 is 1.06 bits per heavy atom. The summed E-state index contributed by atoms with van der Waals surface area (Å²) in [6.45, 7) is 16.3. The van der Waals surface area contributed by atoms with Gasteiger partial charge in [0, 0.05) is 32.4 Å². The number of carbonyl (C=O) groups is 18. The first-order chi connectivity index (χ1) is 61.7. The maximum Gasteiger partial charge on any atom is 0.326 e. The molecule has 0 saturated heterocycles. The van der Waals surface area contributed by atoms with Gasteiger partial charge in [-0.25, -0.2) is 4.79 Å².